The molecule has 0 aromatic heterocycles. The second-order valence-corrected chi connectivity index (χ2v) is 8.93. The molecule has 3 rings (SSSR count). The third kappa shape index (κ3) is 4.83. The number of benzene rings is 2. The van der Waals surface area contributed by atoms with Gasteiger partial charge in [0.2, 0.25) is 10.0 Å². The van der Waals surface area contributed by atoms with E-state index >= 15 is 0 Å². The standard InChI is InChI=1S/C21H24N2O5S/c1-16-8-9-19(17(2)14-16)21(25)28-15-20(24)22-10-12-23(13-11-22)29(26,27)18-6-4-3-5-7-18/h3-9,14H,10-13,15H2,1-2H3. The van der Waals surface area contributed by atoms with Crippen LogP contribution in [0, 0.1) is 13.8 Å². The van der Waals surface area contributed by atoms with Gasteiger partial charge in [-0.15, -0.1) is 0 Å². The molecule has 1 amide bonds. The van der Waals surface area contributed by atoms with Crippen LogP contribution >= 0.6 is 0 Å². The number of amides is 1. The highest BCUT2D eigenvalue weighted by Crippen LogP contribution is 2.17. The molecule has 1 heterocycles. The zero-order chi connectivity index (χ0) is 21.0. The minimum Gasteiger partial charge on any atom is -0.452 e. The molecule has 0 unspecified atom stereocenters. The van der Waals surface area contributed by atoms with E-state index in [9.17, 15) is 18.0 Å². The number of sulfonamides is 1. The predicted molar refractivity (Wildman–Crippen MR) is 108 cm³/mol. The van der Waals surface area contributed by atoms with Gasteiger partial charge >= 0.3 is 5.97 Å². The van der Waals surface area contributed by atoms with Crippen molar-refractivity contribution in [2.45, 2.75) is 18.7 Å². The molecular formula is C21H24N2O5S. The zero-order valence-corrected chi connectivity index (χ0v) is 17.3. The monoisotopic (exact) mass is 416 g/mol. The number of carbonyl (C=O) groups is 2. The van der Waals surface area contributed by atoms with Crippen molar-refractivity contribution in [3.63, 3.8) is 0 Å². The van der Waals surface area contributed by atoms with Crippen molar-refractivity contribution < 1.29 is 22.7 Å². The van der Waals surface area contributed by atoms with E-state index in [0.717, 1.165) is 11.1 Å². The maximum Gasteiger partial charge on any atom is 0.338 e. The molecule has 0 atom stereocenters. The molecule has 0 saturated carbocycles. The Labute approximate surface area is 170 Å². The highest BCUT2D eigenvalue weighted by atomic mass is 32.2. The molecule has 29 heavy (non-hydrogen) atoms. The van der Waals surface area contributed by atoms with Crippen LogP contribution in [0.4, 0.5) is 0 Å². The van der Waals surface area contributed by atoms with E-state index in [4.69, 9.17) is 4.74 Å². The smallest absolute Gasteiger partial charge is 0.338 e. The van der Waals surface area contributed by atoms with Crippen LogP contribution < -0.4 is 0 Å². The molecule has 1 fully saturated rings. The number of rotatable bonds is 5. The third-order valence-electron chi connectivity index (χ3n) is 4.90. The van der Waals surface area contributed by atoms with E-state index in [0.29, 0.717) is 5.56 Å². The molecule has 2 aromatic carbocycles. The van der Waals surface area contributed by atoms with Crippen molar-refractivity contribution >= 4 is 21.9 Å². The van der Waals surface area contributed by atoms with Gasteiger partial charge in [-0.3, -0.25) is 4.79 Å². The Kier molecular flexibility index (Phi) is 6.34. The summed E-state index contributed by atoms with van der Waals surface area (Å²) in [6.07, 6.45) is 0. The van der Waals surface area contributed by atoms with E-state index < -0.39 is 16.0 Å². The lowest BCUT2D eigenvalue weighted by atomic mass is 10.1. The van der Waals surface area contributed by atoms with Gasteiger partial charge in [0.1, 0.15) is 0 Å². The van der Waals surface area contributed by atoms with Crippen molar-refractivity contribution in [1.82, 2.24) is 9.21 Å². The summed E-state index contributed by atoms with van der Waals surface area (Å²) in [5.74, 6) is -0.874. The molecule has 1 saturated heterocycles. The summed E-state index contributed by atoms with van der Waals surface area (Å²) in [5, 5.41) is 0. The van der Waals surface area contributed by atoms with Crippen LogP contribution in [0.2, 0.25) is 0 Å². The van der Waals surface area contributed by atoms with Gasteiger partial charge in [0.05, 0.1) is 10.5 Å². The van der Waals surface area contributed by atoms with E-state index in [-0.39, 0.29) is 43.6 Å². The van der Waals surface area contributed by atoms with Crippen molar-refractivity contribution in [2.24, 2.45) is 0 Å². The Morgan fingerprint density at radius 1 is 0.966 bits per heavy atom. The first-order valence-corrected chi connectivity index (χ1v) is 10.8. The Balaban J connectivity index is 1.53. The predicted octanol–water partition coefficient (Wildman–Crippen LogP) is 1.99. The van der Waals surface area contributed by atoms with Crippen LogP contribution in [0.5, 0.6) is 0 Å². The second-order valence-electron chi connectivity index (χ2n) is 6.99. The summed E-state index contributed by atoms with van der Waals surface area (Å²) >= 11 is 0. The van der Waals surface area contributed by atoms with Gasteiger partial charge < -0.3 is 9.64 Å². The maximum absolute atomic E-state index is 12.6. The molecule has 8 heteroatoms. The normalized spacial score (nSPS) is 15.2. The molecule has 0 aliphatic carbocycles. The van der Waals surface area contributed by atoms with Gasteiger partial charge in [-0.05, 0) is 37.6 Å². The molecule has 1 aliphatic heterocycles. The first kappa shape index (κ1) is 21.0. The van der Waals surface area contributed by atoms with Crippen molar-refractivity contribution in [3.8, 4) is 0 Å². The molecule has 0 bridgehead atoms. The number of carbonyl (C=O) groups excluding carboxylic acids is 2. The van der Waals surface area contributed by atoms with Crippen LogP contribution in [0.15, 0.2) is 53.4 Å². The van der Waals surface area contributed by atoms with Gasteiger partial charge in [0, 0.05) is 26.2 Å². The minimum absolute atomic E-state index is 0.202. The number of esters is 1. The van der Waals surface area contributed by atoms with E-state index in [1.807, 2.05) is 26.0 Å². The quantitative estimate of drug-likeness (QED) is 0.696. The van der Waals surface area contributed by atoms with E-state index in [1.54, 1.807) is 36.4 Å². The summed E-state index contributed by atoms with van der Waals surface area (Å²) in [6.45, 7) is 4.30. The highest BCUT2D eigenvalue weighted by molar-refractivity contribution is 7.89. The Bertz CT molecular complexity index is 997. The maximum atomic E-state index is 12.6. The van der Waals surface area contributed by atoms with Gasteiger partial charge in [-0.1, -0.05) is 35.9 Å². The Morgan fingerprint density at radius 2 is 1.62 bits per heavy atom. The van der Waals surface area contributed by atoms with Crippen LogP contribution in [0.25, 0.3) is 0 Å². The number of aryl methyl sites for hydroxylation is 2. The third-order valence-corrected chi connectivity index (χ3v) is 6.81. The van der Waals surface area contributed by atoms with Crippen LogP contribution in [0.1, 0.15) is 21.5 Å². The topological polar surface area (TPSA) is 84.0 Å². The molecule has 0 spiro atoms. The number of hydrogen-bond acceptors (Lipinski definition) is 5. The SMILES string of the molecule is Cc1ccc(C(=O)OCC(=O)N2CCN(S(=O)(=O)c3ccccc3)CC2)c(C)c1. The van der Waals surface area contributed by atoms with Crippen molar-refractivity contribution in [3.05, 3.63) is 65.2 Å². The van der Waals surface area contributed by atoms with E-state index in [1.165, 1.54) is 9.21 Å². The summed E-state index contributed by atoms with van der Waals surface area (Å²) in [6, 6.07) is 13.6. The van der Waals surface area contributed by atoms with Gasteiger partial charge in [-0.2, -0.15) is 4.31 Å². The van der Waals surface area contributed by atoms with Gasteiger partial charge in [-0.25, -0.2) is 13.2 Å². The van der Waals surface area contributed by atoms with Gasteiger partial charge in [0.25, 0.3) is 5.91 Å². The number of hydrogen-bond donors (Lipinski definition) is 0. The summed E-state index contributed by atoms with van der Waals surface area (Å²) in [7, 11) is -3.57. The van der Waals surface area contributed by atoms with Crippen LogP contribution in [-0.4, -0.2) is 62.3 Å². The number of ether oxygens (including phenoxy) is 1. The summed E-state index contributed by atoms with van der Waals surface area (Å²) in [4.78, 5) is 26.4. The molecular weight excluding hydrogens is 392 g/mol. The first-order valence-electron chi connectivity index (χ1n) is 9.36. The fourth-order valence-electron chi connectivity index (χ4n) is 3.26. The molecule has 0 radical (unpaired) electrons. The largest absolute Gasteiger partial charge is 0.452 e. The second kappa shape index (κ2) is 8.75. The molecule has 7 nitrogen and oxygen atoms in total. The molecule has 2 aromatic rings. The van der Waals surface area contributed by atoms with Crippen molar-refractivity contribution in [2.75, 3.05) is 32.8 Å². The highest BCUT2D eigenvalue weighted by Gasteiger charge is 2.30. The molecule has 1 aliphatic rings. The fraction of sp³-hybridized carbons (Fsp3) is 0.333. The lowest BCUT2D eigenvalue weighted by Crippen LogP contribution is -2.51. The van der Waals surface area contributed by atoms with Crippen LogP contribution in [0.3, 0.4) is 0 Å². The minimum atomic E-state index is -3.57. The Hall–Kier alpha value is -2.71. The summed E-state index contributed by atoms with van der Waals surface area (Å²) in [5.41, 5.74) is 2.27. The van der Waals surface area contributed by atoms with Crippen LogP contribution in [-0.2, 0) is 19.6 Å². The molecule has 154 valence electrons. The lowest BCUT2D eigenvalue weighted by molar-refractivity contribution is -0.135. The first-order chi connectivity index (χ1) is 13.8. The van der Waals surface area contributed by atoms with E-state index in [2.05, 4.69) is 0 Å². The average Bonchev–Trinajstić information content (AvgIpc) is 2.72. The summed E-state index contributed by atoms with van der Waals surface area (Å²) < 4.78 is 31.8. The van der Waals surface area contributed by atoms with Gasteiger partial charge in [0.15, 0.2) is 6.61 Å². The lowest BCUT2D eigenvalue weighted by Gasteiger charge is -2.33. The number of piperazine rings is 1. The van der Waals surface area contributed by atoms with Crippen molar-refractivity contribution in [1.29, 1.82) is 0 Å². The molecule has 0 N–H and O–H groups in total. The fourth-order valence-corrected chi connectivity index (χ4v) is 4.70. The average molecular weight is 416 g/mol. The number of nitrogens with zero attached hydrogens (tertiary/aromatic N) is 2. The Morgan fingerprint density at radius 3 is 2.24 bits per heavy atom. The zero-order valence-electron chi connectivity index (χ0n) is 16.5.